The van der Waals surface area contributed by atoms with Crippen molar-refractivity contribution in [2.24, 2.45) is 5.73 Å². The number of amides is 1. The molecule has 0 heterocycles. The van der Waals surface area contributed by atoms with Crippen LogP contribution in [0.1, 0.15) is 18.1 Å². The maximum Gasteiger partial charge on any atom is 0.416 e. The fourth-order valence-corrected chi connectivity index (χ4v) is 2.04. The summed E-state index contributed by atoms with van der Waals surface area (Å²) in [7, 11) is -3.67. The Labute approximate surface area is 161 Å². The maximum absolute atomic E-state index is 12.5. The van der Waals surface area contributed by atoms with Crippen molar-refractivity contribution in [3.63, 3.8) is 0 Å². The van der Waals surface area contributed by atoms with Crippen molar-refractivity contribution in [1.29, 1.82) is 0 Å². The van der Waals surface area contributed by atoms with Crippen molar-refractivity contribution in [2.45, 2.75) is 25.7 Å². The summed E-state index contributed by atoms with van der Waals surface area (Å²) in [6, 6.07) is 12.0. The minimum atomic E-state index is -4.33. The normalized spacial score (nSPS) is 12.6. The molecule has 0 aliphatic carbocycles. The zero-order chi connectivity index (χ0) is 21.5. The Kier molecular flexibility index (Phi) is 8.15. The van der Waals surface area contributed by atoms with Crippen LogP contribution >= 0.6 is 0 Å². The first-order chi connectivity index (χ1) is 12.8. The summed E-state index contributed by atoms with van der Waals surface area (Å²) < 4.78 is 63.5. The zero-order valence-corrected chi connectivity index (χ0v) is 16.0. The van der Waals surface area contributed by atoms with Gasteiger partial charge in [-0.05, 0) is 35.7 Å². The molecular weight excluding hydrogens is 397 g/mol. The summed E-state index contributed by atoms with van der Waals surface area (Å²) >= 11 is 0. The van der Waals surface area contributed by atoms with Crippen molar-refractivity contribution in [3.05, 3.63) is 59.7 Å². The minimum absolute atomic E-state index is 0.425. The third kappa shape index (κ3) is 8.98. The number of hydrogen-bond donors (Lipinski definition) is 3. The average Bonchev–Trinajstić information content (AvgIpc) is 2.58. The molecule has 0 saturated carbocycles. The smallest absolute Gasteiger partial charge is 0.368 e. The Morgan fingerprint density at radius 2 is 1.46 bits per heavy atom. The Morgan fingerprint density at radius 3 is 1.82 bits per heavy atom. The van der Waals surface area contributed by atoms with Crippen LogP contribution < -0.4 is 11.1 Å². The van der Waals surface area contributed by atoms with Gasteiger partial charge >= 0.3 is 6.18 Å². The molecule has 2 aromatic carbocycles. The first-order valence-electron chi connectivity index (χ1n) is 7.99. The highest BCUT2D eigenvalue weighted by Crippen LogP contribution is 2.31. The molecule has 0 saturated heterocycles. The lowest BCUT2D eigenvalue weighted by Crippen LogP contribution is -2.38. The molecule has 1 unspecified atom stereocenters. The highest BCUT2D eigenvalue weighted by molar-refractivity contribution is 7.85. The standard InChI is InChI=1S/C17H17F3N2O.CH4O3S/c1-11(16(21)23)22-10-12-2-4-13(5-3-12)14-6-8-15(9-7-14)17(18,19)20;1-5(2,3)4/h2-9,11,22H,10H2,1H3,(H2,21,23);1H3,(H,2,3,4). The Balaban J connectivity index is 0.000000696. The van der Waals surface area contributed by atoms with Crippen LogP contribution in [0.25, 0.3) is 11.1 Å². The largest absolute Gasteiger partial charge is 0.416 e. The molecule has 0 bridgehead atoms. The fourth-order valence-electron chi connectivity index (χ4n) is 2.04. The fraction of sp³-hybridized carbons (Fsp3) is 0.278. The van der Waals surface area contributed by atoms with Crippen LogP contribution in [-0.4, -0.2) is 31.2 Å². The van der Waals surface area contributed by atoms with Gasteiger partial charge < -0.3 is 11.1 Å². The molecule has 0 aliphatic heterocycles. The van der Waals surface area contributed by atoms with Crippen molar-refractivity contribution >= 4 is 16.0 Å². The summed E-state index contributed by atoms with van der Waals surface area (Å²) in [5.74, 6) is -0.425. The third-order valence-electron chi connectivity index (χ3n) is 3.54. The van der Waals surface area contributed by atoms with Crippen LogP contribution in [0, 0.1) is 0 Å². The van der Waals surface area contributed by atoms with Gasteiger partial charge in [0.05, 0.1) is 17.9 Å². The Bertz CT molecular complexity index is 873. The molecule has 0 spiro atoms. The predicted molar refractivity (Wildman–Crippen MR) is 99.8 cm³/mol. The number of benzene rings is 2. The van der Waals surface area contributed by atoms with Crippen LogP contribution in [-0.2, 0) is 27.6 Å². The first-order valence-corrected chi connectivity index (χ1v) is 9.84. The summed E-state index contributed by atoms with van der Waals surface area (Å²) in [5, 5.41) is 2.98. The lowest BCUT2D eigenvalue weighted by molar-refractivity contribution is -0.137. The quantitative estimate of drug-likeness (QED) is 0.647. The molecule has 154 valence electrons. The van der Waals surface area contributed by atoms with Crippen LogP contribution in [0.4, 0.5) is 13.2 Å². The van der Waals surface area contributed by atoms with Crippen molar-refractivity contribution in [3.8, 4) is 11.1 Å². The highest BCUT2D eigenvalue weighted by atomic mass is 32.2. The molecule has 6 nitrogen and oxygen atoms in total. The molecule has 2 rings (SSSR count). The van der Waals surface area contributed by atoms with E-state index in [9.17, 15) is 26.4 Å². The number of rotatable bonds is 5. The van der Waals surface area contributed by atoms with E-state index in [4.69, 9.17) is 10.3 Å². The summed E-state index contributed by atoms with van der Waals surface area (Å²) in [5.41, 5.74) is 6.99. The van der Waals surface area contributed by atoms with Crippen LogP contribution in [0.15, 0.2) is 48.5 Å². The van der Waals surface area contributed by atoms with Gasteiger partial charge in [-0.1, -0.05) is 36.4 Å². The number of nitrogens with two attached hydrogens (primary N) is 1. The maximum atomic E-state index is 12.5. The molecule has 28 heavy (non-hydrogen) atoms. The Hall–Kier alpha value is -2.43. The number of halogens is 3. The van der Waals surface area contributed by atoms with Gasteiger partial charge in [-0.3, -0.25) is 9.35 Å². The zero-order valence-electron chi connectivity index (χ0n) is 15.2. The molecule has 4 N–H and O–H groups in total. The Morgan fingerprint density at radius 1 is 1.07 bits per heavy atom. The van der Waals surface area contributed by atoms with E-state index in [2.05, 4.69) is 5.32 Å². The van der Waals surface area contributed by atoms with E-state index in [0.717, 1.165) is 23.3 Å². The van der Waals surface area contributed by atoms with Crippen molar-refractivity contribution < 1.29 is 30.9 Å². The van der Waals surface area contributed by atoms with Gasteiger partial charge in [-0.15, -0.1) is 0 Å². The molecule has 0 aromatic heterocycles. The van der Waals surface area contributed by atoms with Crippen LogP contribution in [0.2, 0.25) is 0 Å². The number of carbonyl (C=O) groups is 1. The SMILES string of the molecule is CC(NCc1ccc(-c2ccc(C(F)(F)F)cc2)cc1)C(N)=O.CS(=O)(=O)O. The topological polar surface area (TPSA) is 109 Å². The second-order valence-corrected chi connectivity index (χ2v) is 7.48. The number of nitrogens with one attached hydrogen (secondary N) is 1. The number of carbonyl (C=O) groups excluding carboxylic acids is 1. The average molecular weight is 418 g/mol. The second-order valence-electron chi connectivity index (χ2n) is 6.01. The molecule has 0 radical (unpaired) electrons. The molecule has 1 atom stereocenters. The second kappa shape index (κ2) is 9.67. The van der Waals surface area contributed by atoms with Gasteiger partial charge in [0.2, 0.25) is 5.91 Å². The molecule has 1 amide bonds. The predicted octanol–water partition coefficient (Wildman–Crippen LogP) is 2.84. The van der Waals surface area contributed by atoms with Crippen LogP contribution in [0.3, 0.4) is 0 Å². The third-order valence-corrected chi connectivity index (χ3v) is 3.54. The molecule has 2 aromatic rings. The van der Waals surface area contributed by atoms with E-state index in [0.29, 0.717) is 18.4 Å². The lowest BCUT2D eigenvalue weighted by Gasteiger charge is -2.11. The number of hydrogen-bond acceptors (Lipinski definition) is 4. The summed E-state index contributed by atoms with van der Waals surface area (Å²) in [6.45, 7) is 2.16. The molecular formula is C18H21F3N2O4S. The van der Waals surface area contributed by atoms with E-state index in [1.807, 2.05) is 24.3 Å². The van der Waals surface area contributed by atoms with Crippen molar-refractivity contribution in [1.82, 2.24) is 5.32 Å². The number of alkyl halides is 3. The van der Waals surface area contributed by atoms with E-state index in [1.165, 1.54) is 12.1 Å². The first kappa shape index (κ1) is 23.6. The molecule has 0 aliphatic rings. The van der Waals surface area contributed by atoms with E-state index in [1.54, 1.807) is 6.92 Å². The van der Waals surface area contributed by atoms with Gasteiger partial charge in [-0.2, -0.15) is 21.6 Å². The lowest BCUT2D eigenvalue weighted by atomic mass is 10.0. The molecule has 10 heteroatoms. The molecule has 0 fully saturated rings. The van der Waals surface area contributed by atoms with E-state index in [-0.39, 0.29) is 0 Å². The number of primary amides is 1. The highest BCUT2D eigenvalue weighted by Gasteiger charge is 2.29. The van der Waals surface area contributed by atoms with Gasteiger partial charge in [0, 0.05) is 6.54 Å². The van der Waals surface area contributed by atoms with Gasteiger partial charge in [-0.25, -0.2) is 0 Å². The van der Waals surface area contributed by atoms with E-state index < -0.39 is 33.8 Å². The summed E-state index contributed by atoms with van der Waals surface area (Å²) in [6.07, 6.45) is -3.61. The summed E-state index contributed by atoms with van der Waals surface area (Å²) in [4.78, 5) is 10.9. The minimum Gasteiger partial charge on any atom is -0.368 e. The van der Waals surface area contributed by atoms with Gasteiger partial charge in [0.25, 0.3) is 10.1 Å². The van der Waals surface area contributed by atoms with Gasteiger partial charge in [0.1, 0.15) is 0 Å². The van der Waals surface area contributed by atoms with Gasteiger partial charge in [0.15, 0.2) is 0 Å². The van der Waals surface area contributed by atoms with E-state index >= 15 is 0 Å². The van der Waals surface area contributed by atoms with Crippen molar-refractivity contribution in [2.75, 3.05) is 6.26 Å². The monoisotopic (exact) mass is 418 g/mol. The van der Waals surface area contributed by atoms with Crippen LogP contribution in [0.5, 0.6) is 0 Å².